The van der Waals surface area contributed by atoms with Gasteiger partial charge in [0.15, 0.2) is 5.96 Å². The highest BCUT2D eigenvalue weighted by atomic mass is 16.5. The van der Waals surface area contributed by atoms with E-state index in [1.54, 1.807) is 0 Å². The number of rotatable bonds is 12. The molecule has 1 fully saturated rings. The van der Waals surface area contributed by atoms with Gasteiger partial charge < -0.3 is 25.2 Å². The lowest BCUT2D eigenvalue weighted by atomic mass is 10.1. The topological polar surface area (TPSA) is 75.1 Å². The molecule has 1 saturated carbocycles. The van der Waals surface area contributed by atoms with Crippen LogP contribution < -0.4 is 10.6 Å². The maximum Gasteiger partial charge on any atom is 0.191 e. The van der Waals surface area contributed by atoms with Crippen LogP contribution in [0.1, 0.15) is 46.0 Å². The second-order valence-corrected chi connectivity index (χ2v) is 5.98. The Morgan fingerprint density at radius 2 is 1.87 bits per heavy atom. The lowest BCUT2D eigenvalue weighted by Gasteiger charge is -2.15. The monoisotopic (exact) mass is 329 g/mol. The average molecular weight is 329 g/mol. The van der Waals surface area contributed by atoms with Crippen LogP contribution in [0.15, 0.2) is 4.99 Å². The van der Waals surface area contributed by atoms with E-state index >= 15 is 0 Å². The SMILES string of the molecule is CCCCOCCOCCNC(=NCC1CCCC1O)NCC. The third-order valence-electron chi connectivity index (χ3n) is 4.00. The first-order valence-electron chi connectivity index (χ1n) is 9.13. The minimum absolute atomic E-state index is 0.183. The van der Waals surface area contributed by atoms with Gasteiger partial charge in [-0.3, -0.25) is 4.99 Å². The zero-order valence-electron chi connectivity index (χ0n) is 14.9. The zero-order valence-corrected chi connectivity index (χ0v) is 14.9. The molecule has 2 unspecified atom stereocenters. The predicted octanol–water partition coefficient (Wildman–Crippen LogP) is 1.54. The fourth-order valence-corrected chi connectivity index (χ4v) is 2.59. The number of unbranched alkanes of at least 4 members (excludes halogenated alkanes) is 1. The van der Waals surface area contributed by atoms with E-state index in [0.717, 1.165) is 51.2 Å². The number of nitrogens with zero attached hydrogens (tertiary/aromatic N) is 1. The Morgan fingerprint density at radius 3 is 2.52 bits per heavy atom. The van der Waals surface area contributed by atoms with Gasteiger partial charge in [0.2, 0.25) is 0 Å². The summed E-state index contributed by atoms with van der Waals surface area (Å²) in [5, 5.41) is 16.3. The smallest absolute Gasteiger partial charge is 0.191 e. The lowest BCUT2D eigenvalue weighted by Crippen LogP contribution is -2.39. The Hall–Kier alpha value is -0.850. The molecule has 3 N–H and O–H groups in total. The van der Waals surface area contributed by atoms with Gasteiger partial charge in [0, 0.05) is 32.2 Å². The summed E-state index contributed by atoms with van der Waals surface area (Å²) in [5.41, 5.74) is 0. The summed E-state index contributed by atoms with van der Waals surface area (Å²) >= 11 is 0. The van der Waals surface area contributed by atoms with Gasteiger partial charge in [0.25, 0.3) is 0 Å². The molecule has 136 valence electrons. The van der Waals surface area contributed by atoms with Crippen LogP contribution in [-0.2, 0) is 9.47 Å². The zero-order chi connectivity index (χ0) is 16.8. The molecule has 0 aliphatic heterocycles. The van der Waals surface area contributed by atoms with Crippen molar-refractivity contribution >= 4 is 5.96 Å². The average Bonchev–Trinajstić information content (AvgIpc) is 2.96. The first-order chi connectivity index (χ1) is 11.3. The van der Waals surface area contributed by atoms with Crippen LogP contribution in [-0.4, -0.2) is 63.2 Å². The first kappa shape index (κ1) is 20.2. The normalized spacial score (nSPS) is 21.6. The minimum Gasteiger partial charge on any atom is -0.393 e. The van der Waals surface area contributed by atoms with E-state index in [9.17, 15) is 5.11 Å². The third kappa shape index (κ3) is 9.79. The minimum atomic E-state index is -0.183. The molecule has 0 saturated heterocycles. The van der Waals surface area contributed by atoms with Crippen molar-refractivity contribution in [3.05, 3.63) is 0 Å². The van der Waals surface area contributed by atoms with Crippen LogP contribution >= 0.6 is 0 Å². The fraction of sp³-hybridized carbons (Fsp3) is 0.941. The molecule has 6 nitrogen and oxygen atoms in total. The molecule has 0 amide bonds. The molecule has 1 rings (SSSR count). The second kappa shape index (κ2) is 13.6. The Labute approximate surface area is 141 Å². The molecular formula is C17H35N3O3. The van der Waals surface area contributed by atoms with Crippen LogP contribution in [0.3, 0.4) is 0 Å². The highest BCUT2D eigenvalue weighted by molar-refractivity contribution is 5.79. The number of aliphatic hydroxyl groups excluding tert-OH is 1. The highest BCUT2D eigenvalue weighted by Crippen LogP contribution is 2.25. The van der Waals surface area contributed by atoms with Crippen molar-refractivity contribution in [2.24, 2.45) is 10.9 Å². The molecule has 0 bridgehead atoms. The molecule has 2 atom stereocenters. The standard InChI is InChI=1S/C17H35N3O3/c1-3-5-10-22-12-13-23-11-9-19-17(18-4-2)20-14-15-7-6-8-16(15)21/h15-16,21H,3-14H2,1-2H3,(H2,18,19,20). The van der Waals surface area contributed by atoms with Gasteiger partial charge in [-0.25, -0.2) is 0 Å². The van der Waals surface area contributed by atoms with Crippen LogP contribution in [0.5, 0.6) is 0 Å². The molecule has 0 spiro atoms. The quantitative estimate of drug-likeness (QED) is 0.288. The van der Waals surface area contributed by atoms with E-state index in [4.69, 9.17) is 9.47 Å². The lowest BCUT2D eigenvalue weighted by molar-refractivity contribution is 0.0487. The summed E-state index contributed by atoms with van der Waals surface area (Å²) in [6, 6.07) is 0. The highest BCUT2D eigenvalue weighted by Gasteiger charge is 2.24. The van der Waals surface area contributed by atoms with Crippen molar-refractivity contribution in [3.8, 4) is 0 Å². The van der Waals surface area contributed by atoms with Gasteiger partial charge in [-0.05, 0) is 26.2 Å². The Morgan fingerprint density at radius 1 is 1.09 bits per heavy atom. The summed E-state index contributed by atoms with van der Waals surface area (Å²) in [4.78, 5) is 4.57. The van der Waals surface area contributed by atoms with E-state index in [2.05, 4.69) is 22.5 Å². The number of hydrogen-bond donors (Lipinski definition) is 3. The Kier molecular flexibility index (Phi) is 11.9. The van der Waals surface area contributed by atoms with Gasteiger partial charge >= 0.3 is 0 Å². The van der Waals surface area contributed by atoms with E-state index < -0.39 is 0 Å². The summed E-state index contributed by atoms with van der Waals surface area (Å²) < 4.78 is 11.0. The maximum absolute atomic E-state index is 9.84. The molecule has 23 heavy (non-hydrogen) atoms. The van der Waals surface area contributed by atoms with Crippen LogP contribution in [0, 0.1) is 5.92 Å². The van der Waals surface area contributed by atoms with Gasteiger partial charge in [0.1, 0.15) is 0 Å². The molecule has 0 aromatic carbocycles. The molecule has 0 heterocycles. The van der Waals surface area contributed by atoms with Crippen molar-refractivity contribution in [2.45, 2.75) is 52.1 Å². The molecular weight excluding hydrogens is 294 g/mol. The summed E-state index contributed by atoms with van der Waals surface area (Å²) in [6.07, 6.45) is 5.19. The summed E-state index contributed by atoms with van der Waals surface area (Å²) in [7, 11) is 0. The molecule has 1 aliphatic carbocycles. The number of ether oxygens (including phenoxy) is 2. The third-order valence-corrected chi connectivity index (χ3v) is 4.00. The number of nitrogens with one attached hydrogen (secondary N) is 2. The fourth-order valence-electron chi connectivity index (χ4n) is 2.59. The Balaban J connectivity index is 2.08. The van der Waals surface area contributed by atoms with E-state index in [1.807, 2.05) is 6.92 Å². The van der Waals surface area contributed by atoms with Gasteiger partial charge in [-0.15, -0.1) is 0 Å². The van der Waals surface area contributed by atoms with Crippen molar-refractivity contribution in [1.29, 1.82) is 0 Å². The largest absolute Gasteiger partial charge is 0.393 e. The first-order valence-corrected chi connectivity index (χ1v) is 9.13. The second-order valence-electron chi connectivity index (χ2n) is 5.98. The predicted molar refractivity (Wildman–Crippen MR) is 93.9 cm³/mol. The molecule has 0 radical (unpaired) electrons. The number of guanidine groups is 1. The number of hydrogen-bond acceptors (Lipinski definition) is 4. The maximum atomic E-state index is 9.84. The molecule has 1 aliphatic rings. The number of aliphatic imine (C=N–C) groups is 1. The van der Waals surface area contributed by atoms with Crippen molar-refractivity contribution < 1.29 is 14.6 Å². The molecule has 0 aromatic heterocycles. The van der Waals surface area contributed by atoms with E-state index in [0.29, 0.717) is 38.8 Å². The van der Waals surface area contributed by atoms with Crippen LogP contribution in [0.4, 0.5) is 0 Å². The van der Waals surface area contributed by atoms with Gasteiger partial charge in [-0.1, -0.05) is 19.8 Å². The van der Waals surface area contributed by atoms with Crippen LogP contribution in [0.25, 0.3) is 0 Å². The van der Waals surface area contributed by atoms with Crippen molar-refractivity contribution in [1.82, 2.24) is 10.6 Å². The van der Waals surface area contributed by atoms with E-state index in [-0.39, 0.29) is 6.10 Å². The number of aliphatic hydroxyl groups is 1. The molecule has 6 heteroatoms. The summed E-state index contributed by atoms with van der Waals surface area (Å²) in [5.74, 6) is 1.11. The van der Waals surface area contributed by atoms with Crippen molar-refractivity contribution in [2.75, 3.05) is 46.1 Å². The van der Waals surface area contributed by atoms with Crippen LogP contribution in [0.2, 0.25) is 0 Å². The van der Waals surface area contributed by atoms with Crippen molar-refractivity contribution in [3.63, 3.8) is 0 Å². The Bertz CT molecular complexity index is 313. The molecule has 0 aromatic rings. The van der Waals surface area contributed by atoms with E-state index in [1.165, 1.54) is 0 Å². The van der Waals surface area contributed by atoms with Gasteiger partial charge in [0.05, 0.1) is 25.9 Å². The summed E-state index contributed by atoms with van der Waals surface area (Å²) in [6.45, 7) is 9.17. The van der Waals surface area contributed by atoms with Gasteiger partial charge in [-0.2, -0.15) is 0 Å².